The summed E-state index contributed by atoms with van der Waals surface area (Å²) in [6, 6.07) is 13.5. The quantitative estimate of drug-likeness (QED) is 0.644. The summed E-state index contributed by atoms with van der Waals surface area (Å²) in [6.07, 6.45) is 0.567. The van der Waals surface area contributed by atoms with E-state index in [4.69, 9.17) is 16.7 Å². The summed E-state index contributed by atoms with van der Waals surface area (Å²) in [5.74, 6) is -1.33. The molecule has 0 fully saturated rings. The molecule has 0 bridgehead atoms. The first-order valence-electron chi connectivity index (χ1n) is 8.46. The van der Waals surface area contributed by atoms with Crippen molar-refractivity contribution in [3.05, 3.63) is 64.7 Å². The number of amides is 2. The number of carbonyl (C=O) groups is 3. The Morgan fingerprint density at radius 3 is 2.22 bits per heavy atom. The largest absolute Gasteiger partial charge is 0.481 e. The molecule has 0 aliphatic rings. The minimum Gasteiger partial charge on any atom is -0.481 e. The molecule has 7 heteroatoms. The lowest BCUT2D eigenvalue weighted by atomic mass is 10.0. The van der Waals surface area contributed by atoms with Gasteiger partial charge in [0.15, 0.2) is 0 Å². The summed E-state index contributed by atoms with van der Waals surface area (Å²) in [4.78, 5) is 34.5. The Balaban J connectivity index is 1.99. The Morgan fingerprint density at radius 2 is 1.67 bits per heavy atom. The van der Waals surface area contributed by atoms with Crippen LogP contribution in [0.3, 0.4) is 0 Å². The van der Waals surface area contributed by atoms with Gasteiger partial charge in [-0.05, 0) is 41.8 Å². The van der Waals surface area contributed by atoms with E-state index in [1.165, 1.54) is 6.92 Å². The van der Waals surface area contributed by atoms with Gasteiger partial charge < -0.3 is 15.7 Å². The van der Waals surface area contributed by atoms with E-state index in [9.17, 15) is 14.4 Å². The summed E-state index contributed by atoms with van der Waals surface area (Å²) < 4.78 is 0. The lowest BCUT2D eigenvalue weighted by Gasteiger charge is -2.18. The molecule has 2 aromatic rings. The highest BCUT2D eigenvalue weighted by Crippen LogP contribution is 2.20. The van der Waals surface area contributed by atoms with Crippen LogP contribution in [0.15, 0.2) is 48.5 Å². The van der Waals surface area contributed by atoms with E-state index in [0.29, 0.717) is 17.1 Å². The predicted octanol–water partition coefficient (Wildman–Crippen LogP) is 3.56. The highest BCUT2D eigenvalue weighted by Gasteiger charge is 2.17. The second-order valence-corrected chi connectivity index (χ2v) is 6.58. The van der Waals surface area contributed by atoms with Crippen LogP contribution in [0.5, 0.6) is 0 Å². The molecule has 2 amide bonds. The summed E-state index contributed by atoms with van der Waals surface area (Å²) in [7, 11) is 0. The first-order valence-corrected chi connectivity index (χ1v) is 8.84. The molecule has 0 saturated heterocycles. The third-order valence-corrected chi connectivity index (χ3v) is 4.16. The van der Waals surface area contributed by atoms with E-state index >= 15 is 0 Å². The fourth-order valence-electron chi connectivity index (χ4n) is 2.60. The minimum absolute atomic E-state index is 0.0607. The SMILES string of the molecule is CC(=O)NC(CC(=O)Nc1ccc(CCC(=O)O)cc1)c1ccc(Cl)cc1. The predicted molar refractivity (Wildman–Crippen MR) is 104 cm³/mol. The summed E-state index contributed by atoms with van der Waals surface area (Å²) >= 11 is 5.89. The lowest BCUT2D eigenvalue weighted by molar-refractivity contribution is -0.137. The molecule has 0 aliphatic carbocycles. The molecule has 0 radical (unpaired) electrons. The number of hydrogen-bond acceptors (Lipinski definition) is 3. The van der Waals surface area contributed by atoms with Crippen LogP contribution < -0.4 is 10.6 Å². The molecule has 0 spiro atoms. The number of carbonyl (C=O) groups excluding carboxylic acids is 2. The average molecular weight is 389 g/mol. The van der Waals surface area contributed by atoms with Crippen LogP contribution in [-0.2, 0) is 20.8 Å². The molecular weight excluding hydrogens is 368 g/mol. The van der Waals surface area contributed by atoms with Crippen LogP contribution in [0, 0.1) is 0 Å². The molecule has 142 valence electrons. The molecule has 3 N–H and O–H groups in total. The van der Waals surface area contributed by atoms with Gasteiger partial charge >= 0.3 is 5.97 Å². The van der Waals surface area contributed by atoms with Crippen molar-refractivity contribution in [2.24, 2.45) is 0 Å². The van der Waals surface area contributed by atoms with Gasteiger partial charge in [0.25, 0.3) is 0 Å². The Bertz CT molecular complexity index is 804. The van der Waals surface area contributed by atoms with Gasteiger partial charge in [-0.25, -0.2) is 0 Å². The van der Waals surface area contributed by atoms with Gasteiger partial charge in [-0.3, -0.25) is 14.4 Å². The smallest absolute Gasteiger partial charge is 0.303 e. The van der Waals surface area contributed by atoms with E-state index in [1.54, 1.807) is 48.5 Å². The maximum Gasteiger partial charge on any atom is 0.303 e. The Hall–Kier alpha value is -2.86. The van der Waals surface area contributed by atoms with Gasteiger partial charge in [0, 0.05) is 24.1 Å². The van der Waals surface area contributed by atoms with Crippen molar-refractivity contribution >= 4 is 35.1 Å². The van der Waals surface area contributed by atoms with E-state index < -0.39 is 12.0 Å². The first kappa shape index (κ1) is 20.5. The monoisotopic (exact) mass is 388 g/mol. The van der Waals surface area contributed by atoms with Crippen molar-refractivity contribution in [2.75, 3.05) is 5.32 Å². The fourth-order valence-corrected chi connectivity index (χ4v) is 2.72. The van der Waals surface area contributed by atoms with Crippen LogP contribution in [0.25, 0.3) is 0 Å². The van der Waals surface area contributed by atoms with Crippen LogP contribution in [0.2, 0.25) is 5.02 Å². The van der Waals surface area contributed by atoms with Crippen molar-refractivity contribution in [3.8, 4) is 0 Å². The first-order chi connectivity index (χ1) is 12.8. The van der Waals surface area contributed by atoms with Gasteiger partial charge in [0.05, 0.1) is 12.5 Å². The third-order valence-electron chi connectivity index (χ3n) is 3.90. The van der Waals surface area contributed by atoms with E-state index in [-0.39, 0.29) is 24.7 Å². The third kappa shape index (κ3) is 7.11. The van der Waals surface area contributed by atoms with Crippen LogP contribution in [-0.4, -0.2) is 22.9 Å². The van der Waals surface area contributed by atoms with Crippen molar-refractivity contribution in [3.63, 3.8) is 0 Å². The Kier molecular flexibility index (Phi) is 7.37. The van der Waals surface area contributed by atoms with Crippen LogP contribution in [0.4, 0.5) is 5.69 Å². The molecule has 0 saturated carbocycles. The molecule has 6 nitrogen and oxygen atoms in total. The van der Waals surface area contributed by atoms with E-state index in [0.717, 1.165) is 11.1 Å². The van der Waals surface area contributed by atoms with Gasteiger partial charge in [-0.15, -0.1) is 0 Å². The van der Waals surface area contributed by atoms with Crippen molar-refractivity contribution < 1.29 is 19.5 Å². The molecule has 0 heterocycles. The van der Waals surface area contributed by atoms with Gasteiger partial charge in [0.1, 0.15) is 0 Å². The standard InChI is InChI=1S/C20H21ClN2O4/c1-13(24)22-18(15-5-7-16(21)8-6-15)12-19(25)23-17-9-2-14(3-10-17)4-11-20(26)27/h2-3,5-10,18H,4,11-12H2,1H3,(H,22,24)(H,23,25)(H,26,27). The number of halogens is 1. The summed E-state index contributed by atoms with van der Waals surface area (Å²) in [5.41, 5.74) is 2.28. The Labute approximate surface area is 162 Å². The van der Waals surface area contributed by atoms with Crippen molar-refractivity contribution in [1.82, 2.24) is 5.32 Å². The number of hydrogen-bond donors (Lipinski definition) is 3. The highest BCUT2D eigenvalue weighted by molar-refractivity contribution is 6.30. The number of benzene rings is 2. The maximum atomic E-state index is 12.4. The molecule has 0 aliphatic heterocycles. The zero-order chi connectivity index (χ0) is 19.8. The highest BCUT2D eigenvalue weighted by atomic mass is 35.5. The molecule has 2 aromatic carbocycles. The number of carboxylic acids is 1. The van der Waals surface area contributed by atoms with Gasteiger partial charge in [-0.1, -0.05) is 35.9 Å². The molecule has 0 aromatic heterocycles. The molecule has 1 atom stereocenters. The average Bonchev–Trinajstić information content (AvgIpc) is 2.60. The van der Waals surface area contributed by atoms with E-state index in [2.05, 4.69) is 10.6 Å². The number of aliphatic carboxylic acids is 1. The number of anilines is 1. The topological polar surface area (TPSA) is 95.5 Å². The number of aryl methyl sites for hydroxylation is 1. The normalized spacial score (nSPS) is 11.5. The minimum atomic E-state index is -0.849. The summed E-state index contributed by atoms with van der Waals surface area (Å²) in [5, 5.41) is 14.8. The van der Waals surface area contributed by atoms with Crippen LogP contribution >= 0.6 is 11.6 Å². The van der Waals surface area contributed by atoms with Gasteiger partial charge in [-0.2, -0.15) is 0 Å². The lowest BCUT2D eigenvalue weighted by Crippen LogP contribution is -2.29. The summed E-state index contributed by atoms with van der Waals surface area (Å²) in [6.45, 7) is 1.40. The fraction of sp³-hybridized carbons (Fsp3) is 0.250. The van der Waals surface area contributed by atoms with Gasteiger partial charge in [0.2, 0.25) is 11.8 Å². The molecular formula is C20H21ClN2O4. The molecule has 1 unspecified atom stereocenters. The van der Waals surface area contributed by atoms with E-state index in [1.807, 2.05) is 0 Å². The van der Waals surface area contributed by atoms with Crippen LogP contribution in [0.1, 0.15) is 36.9 Å². The molecule has 27 heavy (non-hydrogen) atoms. The van der Waals surface area contributed by atoms with Crippen molar-refractivity contribution in [1.29, 1.82) is 0 Å². The van der Waals surface area contributed by atoms with Crippen molar-refractivity contribution in [2.45, 2.75) is 32.2 Å². The maximum absolute atomic E-state index is 12.4. The number of carboxylic acid groups (broad SMARTS) is 1. The number of rotatable bonds is 8. The zero-order valence-corrected chi connectivity index (χ0v) is 15.6. The Morgan fingerprint density at radius 1 is 1.04 bits per heavy atom. The number of nitrogens with one attached hydrogen (secondary N) is 2. The zero-order valence-electron chi connectivity index (χ0n) is 14.9. The molecule has 2 rings (SSSR count). The second-order valence-electron chi connectivity index (χ2n) is 6.15. The second kappa shape index (κ2) is 9.73.